The number of pyridine rings is 1. The van der Waals surface area contributed by atoms with E-state index in [2.05, 4.69) is 9.98 Å². The second-order valence-corrected chi connectivity index (χ2v) is 5.90. The zero-order chi connectivity index (χ0) is 17.6. The second kappa shape index (κ2) is 7.82. The Labute approximate surface area is 146 Å². The molecule has 0 saturated heterocycles. The smallest absolute Gasteiger partial charge is 0.230 e. The predicted octanol–water partition coefficient (Wildman–Crippen LogP) is 4.14. The Hall–Kier alpha value is -2.84. The zero-order valence-electron chi connectivity index (χ0n) is 12.8. The van der Waals surface area contributed by atoms with Gasteiger partial charge in [0.25, 0.3) is 0 Å². The van der Waals surface area contributed by atoms with E-state index in [4.69, 9.17) is 4.74 Å². The van der Waals surface area contributed by atoms with Crippen molar-refractivity contribution in [2.24, 2.45) is 4.99 Å². The lowest BCUT2D eigenvalue weighted by molar-refractivity contribution is 0.234. The van der Waals surface area contributed by atoms with E-state index in [-0.39, 0.29) is 17.3 Å². The number of hydroxylamine groups is 1. The van der Waals surface area contributed by atoms with Crippen LogP contribution in [0.1, 0.15) is 10.4 Å². The van der Waals surface area contributed by atoms with Gasteiger partial charge in [0.05, 0.1) is 12.1 Å². The number of hydrogen-bond donors (Lipinski definition) is 2. The normalized spacial score (nSPS) is 11.4. The molecule has 2 heterocycles. The number of amidine groups is 1. The van der Waals surface area contributed by atoms with Gasteiger partial charge in [-0.05, 0) is 35.7 Å². The summed E-state index contributed by atoms with van der Waals surface area (Å²) < 4.78 is 32.9. The third-order valence-corrected chi connectivity index (χ3v) is 4.08. The molecule has 2 N–H and O–H groups in total. The number of ether oxygens (including phenoxy) is 1. The van der Waals surface area contributed by atoms with Crippen LogP contribution in [0.2, 0.25) is 0 Å². The van der Waals surface area contributed by atoms with Crippen molar-refractivity contribution in [3.05, 3.63) is 76.1 Å². The highest BCUT2D eigenvalue weighted by molar-refractivity contribution is 7.09. The summed E-state index contributed by atoms with van der Waals surface area (Å²) >= 11 is 1.52. The fraction of sp³-hybridized carbons (Fsp3) is 0.0588. The Morgan fingerprint density at radius 1 is 1.16 bits per heavy atom. The van der Waals surface area contributed by atoms with Crippen molar-refractivity contribution in [1.29, 1.82) is 0 Å². The molecule has 3 rings (SSSR count). The zero-order valence-corrected chi connectivity index (χ0v) is 13.6. The van der Waals surface area contributed by atoms with Gasteiger partial charge >= 0.3 is 0 Å². The number of aliphatic imine (C=N–C) groups is 1. The largest absolute Gasteiger partial charge is 0.432 e. The molecule has 0 saturated carbocycles. The highest BCUT2D eigenvalue weighted by atomic mass is 32.1. The fourth-order valence-electron chi connectivity index (χ4n) is 2.07. The minimum absolute atomic E-state index is 0.0771. The molecule has 0 bridgehead atoms. The monoisotopic (exact) mass is 361 g/mol. The van der Waals surface area contributed by atoms with Crippen LogP contribution < -0.4 is 10.2 Å². The molecule has 2 aromatic heterocycles. The Kier molecular flexibility index (Phi) is 5.32. The topological polar surface area (TPSA) is 66.7 Å². The van der Waals surface area contributed by atoms with Gasteiger partial charge < -0.3 is 4.74 Å². The van der Waals surface area contributed by atoms with Crippen molar-refractivity contribution in [2.75, 3.05) is 0 Å². The number of nitrogens with zero attached hydrogens (tertiary/aromatic N) is 2. The van der Waals surface area contributed by atoms with E-state index in [1.807, 2.05) is 23.0 Å². The first kappa shape index (κ1) is 17.0. The van der Waals surface area contributed by atoms with Crippen LogP contribution in [0.4, 0.5) is 8.78 Å². The minimum atomic E-state index is -0.856. The van der Waals surface area contributed by atoms with E-state index >= 15 is 0 Å². The van der Waals surface area contributed by atoms with Gasteiger partial charge in [-0.25, -0.2) is 13.8 Å². The van der Waals surface area contributed by atoms with Crippen LogP contribution >= 0.6 is 11.3 Å². The van der Waals surface area contributed by atoms with Gasteiger partial charge in [-0.15, -0.1) is 11.3 Å². The minimum Gasteiger partial charge on any atom is -0.432 e. The summed E-state index contributed by atoms with van der Waals surface area (Å²) in [6, 6.07) is 10.4. The van der Waals surface area contributed by atoms with Gasteiger partial charge in [0.15, 0.2) is 17.5 Å². The molecule has 0 aliphatic heterocycles. The van der Waals surface area contributed by atoms with Gasteiger partial charge in [0.1, 0.15) is 0 Å². The second-order valence-electron chi connectivity index (χ2n) is 4.86. The predicted molar refractivity (Wildman–Crippen MR) is 90.2 cm³/mol. The van der Waals surface area contributed by atoms with Crippen LogP contribution in [-0.2, 0) is 6.54 Å². The highest BCUT2D eigenvalue weighted by Crippen LogP contribution is 2.28. The average molecular weight is 361 g/mol. The van der Waals surface area contributed by atoms with Gasteiger partial charge in [-0.1, -0.05) is 12.1 Å². The number of thiophene rings is 1. The Morgan fingerprint density at radius 2 is 1.96 bits per heavy atom. The molecular weight excluding hydrogens is 348 g/mol. The van der Waals surface area contributed by atoms with Crippen LogP contribution in [0, 0.1) is 11.6 Å². The molecule has 0 aliphatic carbocycles. The summed E-state index contributed by atoms with van der Waals surface area (Å²) in [5.41, 5.74) is 2.25. The van der Waals surface area contributed by atoms with E-state index in [0.29, 0.717) is 6.54 Å². The summed E-state index contributed by atoms with van der Waals surface area (Å²) in [5, 5.41) is 11.3. The molecule has 8 heteroatoms. The molecule has 0 aliphatic rings. The molecule has 1 aromatic carbocycles. The molecule has 25 heavy (non-hydrogen) atoms. The first-order valence-electron chi connectivity index (χ1n) is 7.23. The van der Waals surface area contributed by atoms with Crippen molar-refractivity contribution in [3.63, 3.8) is 0 Å². The summed E-state index contributed by atoms with van der Waals surface area (Å²) in [5.74, 6) is -2.29. The molecule has 0 unspecified atom stereocenters. The Bertz CT molecular complexity index is 865. The molecule has 0 radical (unpaired) electrons. The van der Waals surface area contributed by atoms with Gasteiger partial charge in [0, 0.05) is 11.1 Å². The average Bonchev–Trinajstić information content (AvgIpc) is 3.13. The van der Waals surface area contributed by atoms with E-state index in [1.165, 1.54) is 23.6 Å². The first-order valence-corrected chi connectivity index (χ1v) is 8.11. The third kappa shape index (κ3) is 3.98. The lowest BCUT2D eigenvalue weighted by Crippen LogP contribution is -2.21. The lowest BCUT2D eigenvalue weighted by Gasteiger charge is -2.12. The third-order valence-electron chi connectivity index (χ3n) is 3.22. The van der Waals surface area contributed by atoms with Crippen molar-refractivity contribution in [3.8, 4) is 11.6 Å². The number of benzene rings is 1. The van der Waals surface area contributed by atoms with Crippen LogP contribution in [0.15, 0.2) is 59.0 Å². The number of rotatable bonds is 5. The number of halogens is 2. The Balaban J connectivity index is 1.93. The quantitative estimate of drug-likeness (QED) is 0.407. The van der Waals surface area contributed by atoms with E-state index in [1.54, 1.807) is 12.1 Å². The van der Waals surface area contributed by atoms with Crippen LogP contribution in [0.5, 0.6) is 11.6 Å². The molecule has 3 aromatic rings. The number of para-hydroxylation sites is 1. The van der Waals surface area contributed by atoms with Crippen molar-refractivity contribution >= 4 is 17.2 Å². The first-order chi connectivity index (χ1) is 12.2. The van der Waals surface area contributed by atoms with Crippen molar-refractivity contribution < 1.29 is 18.7 Å². The maximum Gasteiger partial charge on any atom is 0.230 e. The summed E-state index contributed by atoms with van der Waals surface area (Å²) in [4.78, 5) is 9.23. The van der Waals surface area contributed by atoms with Crippen LogP contribution in [-0.4, -0.2) is 16.0 Å². The standard InChI is InChI=1S/C17H13F2N3O2S/c18-13-6-1-7-14(19)15(13)24-17-12(5-2-8-20-17)16(22-23)21-10-11-4-3-9-25-11/h1-9,23H,10H2,(H,21,22). The Morgan fingerprint density at radius 3 is 2.64 bits per heavy atom. The SMILES string of the molecule is ONC(=NCc1cccs1)c1cccnc1Oc1c(F)cccc1F. The van der Waals surface area contributed by atoms with Crippen LogP contribution in [0.25, 0.3) is 0 Å². The number of nitrogens with one attached hydrogen (secondary N) is 1. The molecular formula is C17H13F2N3O2S. The molecule has 0 spiro atoms. The van der Waals surface area contributed by atoms with E-state index in [9.17, 15) is 14.0 Å². The van der Waals surface area contributed by atoms with Crippen molar-refractivity contribution in [1.82, 2.24) is 10.5 Å². The summed E-state index contributed by atoms with van der Waals surface area (Å²) in [6.07, 6.45) is 1.41. The maximum atomic E-state index is 13.8. The fourth-order valence-corrected chi connectivity index (χ4v) is 2.70. The van der Waals surface area contributed by atoms with Gasteiger partial charge in [0.2, 0.25) is 11.6 Å². The molecule has 5 nitrogen and oxygen atoms in total. The number of aromatic nitrogens is 1. The van der Waals surface area contributed by atoms with E-state index in [0.717, 1.165) is 17.0 Å². The lowest BCUT2D eigenvalue weighted by atomic mass is 10.2. The van der Waals surface area contributed by atoms with Crippen LogP contribution in [0.3, 0.4) is 0 Å². The number of hydrogen-bond acceptors (Lipinski definition) is 5. The summed E-state index contributed by atoms with van der Waals surface area (Å²) in [6.45, 7) is 0.322. The molecule has 0 fully saturated rings. The van der Waals surface area contributed by atoms with Gasteiger partial charge in [-0.2, -0.15) is 0 Å². The highest BCUT2D eigenvalue weighted by Gasteiger charge is 2.17. The van der Waals surface area contributed by atoms with Crippen molar-refractivity contribution in [2.45, 2.75) is 6.54 Å². The summed E-state index contributed by atoms with van der Waals surface area (Å²) in [7, 11) is 0. The van der Waals surface area contributed by atoms with Gasteiger partial charge in [-0.3, -0.25) is 15.7 Å². The maximum absolute atomic E-state index is 13.8. The molecule has 0 atom stereocenters. The van der Waals surface area contributed by atoms with E-state index < -0.39 is 17.4 Å². The molecule has 0 amide bonds. The molecule has 128 valence electrons.